The van der Waals surface area contributed by atoms with E-state index in [4.69, 9.17) is 0 Å². The molecular formula is C17H31NO3. The molecular weight excluding hydrogens is 266 g/mol. The second kappa shape index (κ2) is 8.30. The number of nitrogens with one attached hydrogen (secondary N) is 1. The van der Waals surface area contributed by atoms with E-state index >= 15 is 0 Å². The zero-order valence-corrected chi connectivity index (χ0v) is 14.4. The van der Waals surface area contributed by atoms with Gasteiger partial charge in [0, 0.05) is 12.8 Å². The molecule has 1 N–H and O–H groups in total. The van der Waals surface area contributed by atoms with Crippen LogP contribution in [-0.4, -0.2) is 24.0 Å². The van der Waals surface area contributed by atoms with Gasteiger partial charge in [-0.2, -0.15) is 0 Å². The lowest BCUT2D eigenvalue weighted by Gasteiger charge is -2.42. The SMILES string of the molecule is CCC(=O)NC(C(C)=O)C(C)(CC)CC(C)(CC)CC=O. The predicted molar refractivity (Wildman–Crippen MR) is 85.0 cm³/mol. The van der Waals surface area contributed by atoms with Gasteiger partial charge in [0.15, 0.2) is 5.78 Å². The van der Waals surface area contributed by atoms with Crippen LogP contribution < -0.4 is 5.32 Å². The smallest absolute Gasteiger partial charge is 0.220 e. The first kappa shape index (κ1) is 19.8. The molecule has 0 aliphatic rings. The highest BCUT2D eigenvalue weighted by molar-refractivity contribution is 5.88. The van der Waals surface area contributed by atoms with E-state index in [1.165, 1.54) is 6.92 Å². The van der Waals surface area contributed by atoms with Crippen molar-refractivity contribution in [3.05, 3.63) is 0 Å². The fourth-order valence-electron chi connectivity index (χ4n) is 2.98. The number of amides is 1. The van der Waals surface area contributed by atoms with Crippen LogP contribution in [0.2, 0.25) is 0 Å². The summed E-state index contributed by atoms with van der Waals surface area (Å²) in [6.45, 7) is 11.5. The average molecular weight is 297 g/mol. The van der Waals surface area contributed by atoms with Crippen LogP contribution in [0.4, 0.5) is 0 Å². The summed E-state index contributed by atoms with van der Waals surface area (Å²) in [4.78, 5) is 34.7. The summed E-state index contributed by atoms with van der Waals surface area (Å²) < 4.78 is 0. The lowest BCUT2D eigenvalue weighted by molar-refractivity contribution is -0.130. The van der Waals surface area contributed by atoms with Gasteiger partial charge in [-0.15, -0.1) is 0 Å². The van der Waals surface area contributed by atoms with Crippen LogP contribution in [-0.2, 0) is 14.4 Å². The fraction of sp³-hybridized carbons (Fsp3) is 0.824. The van der Waals surface area contributed by atoms with Crippen molar-refractivity contribution in [3.63, 3.8) is 0 Å². The minimum absolute atomic E-state index is 0.0225. The summed E-state index contributed by atoms with van der Waals surface area (Å²) in [5.41, 5.74) is -0.485. The molecule has 4 heteroatoms. The summed E-state index contributed by atoms with van der Waals surface area (Å²) in [5, 5.41) is 2.87. The topological polar surface area (TPSA) is 63.2 Å². The van der Waals surface area contributed by atoms with Gasteiger partial charge >= 0.3 is 0 Å². The molecule has 3 atom stereocenters. The second-order valence-electron chi connectivity index (χ2n) is 6.68. The van der Waals surface area contributed by atoms with Crippen molar-refractivity contribution in [2.45, 2.75) is 79.7 Å². The van der Waals surface area contributed by atoms with Crippen LogP contribution in [0.15, 0.2) is 0 Å². The average Bonchev–Trinajstić information content (AvgIpc) is 2.43. The van der Waals surface area contributed by atoms with Crippen molar-refractivity contribution >= 4 is 18.0 Å². The molecule has 0 aromatic carbocycles. The summed E-state index contributed by atoms with van der Waals surface area (Å²) >= 11 is 0. The Morgan fingerprint density at radius 3 is 2.05 bits per heavy atom. The van der Waals surface area contributed by atoms with Gasteiger partial charge in [0.1, 0.15) is 6.29 Å². The molecule has 0 heterocycles. The lowest BCUT2D eigenvalue weighted by atomic mass is 9.65. The van der Waals surface area contributed by atoms with E-state index in [1.54, 1.807) is 6.92 Å². The Balaban J connectivity index is 5.39. The van der Waals surface area contributed by atoms with Crippen LogP contribution in [0.3, 0.4) is 0 Å². The summed E-state index contributed by atoms with van der Waals surface area (Å²) in [7, 11) is 0. The molecule has 1 amide bonds. The summed E-state index contributed by atoms with van der Waals surface area (Å²) in [6.07, 6.45) is 4.17. The van der Waals surface area contributed by atoms with Gasteiger partial charge in [0.2, 0.25) is 5.91 Å². The standard InChI is InChI=1S/C17H31NO3/c1-7-14(21)18-15(13(4)20)17(6,9-3)12-16(5,8-2)10-11-19/h11,15H,7-10,12H2,1-6H3,(H,18,21). The zero-order valence-electron chi connectivity index (χ0n) is 14.4. The number of Topliss-reactive ketones (excluding diaryl/α,β-unsaturated/α-hetero) is 1. The number of carbonyl (C=O) groups excluding carboxylic acids is 3. The Labute approximate surface area is 129 Å². The molecule has 21 heavy (non-hydrogen) atoms. The Morgan fingerprint density at radius 2 is 1.71 bits per heavy atom. The molecule has 4 nitrogen and oxygen atoms in total. The highest BCUT2D eigenvalue weighted by Crippen LogP contribution is 2.43. The number of aldehydes is 1. The molecule has 0 bridgehead atoms. The fourth-order valence-corrected chi connectivity index (χ4v) is 2.98. The maximum Gasteiger partial charge on any atom is 0.220 e. The third-order valence-corrected chi connectivity index (χ3v) is 4.80. The minimum atomic E-state index is -0.493. The van der Waals surface area contributed by atoms with Crippen molar-refractivity contribution in [2.75, 3.05) is 0 Å². The first-order valence-corrected chi connectivity index (χ1v) is 7.91. The highest BCUT2D eigenvalue weighted by atomic mass is 16.2. The monoisotopic (exact) mass is 297 g/mol. The molecule has 0 radical (unpaired) electrons. The molecule has 0 saturated carbocycles. The Kier molecular flexibility index (Phi) is 7.83. The van der Waals surface area contributed by atoms with Crippen LogP contribution in [0, 0.1) is 10.8 Å². The second-order valence-corrected chi connectivity index (χ2v) is 6.68. The van der Waals surface area contributed by atoms with Gasteiger partial charge in [-0.25, -0.2) is 0 Å². The highest BCUT2D eigenvalue weighted by Gasteiger charge is 2.41. The van der Waals surface area contributed by atoms with Crippen molar-refractivity contribution in [3.8, 4) is 0 Å². The van der Waals surface area contributed by atoms with Crippen LogP contribution >= 0.6 is 0 Å². The maximum atomic E-state index is 12.0. The van der Waals surface area contributed by atoms with Gasteiger partial charge in [0.25, 0.3) is 0 Å². The molecule has 0 aromatic rings. The lowest BCUT2D eigenvalue weighted by Crippen LogP contribution is -2.52. The van der Waals surface area contributed by atoms with E-state index < -0.39 is 6.04 Å². The van der Waals surface area contributed by atoms with Crippen LogP contribution in [0.1, 0.15) is 73.6 Å². The summed E-state index contributed by atoms with van der Waals surface area (Å²) in [5.74, 6) is -0.130. The number of ketones is 1. The largest absolute Gasteiger partial charge is 0.346 e. The quantitative estimate of drug-likeness (QED) is 0.629. The van der Waals surface area contributed by atoms with Gasteiger partial charge in [-0.1, -0.05) is 41.0 Å². The van der Waals surface area contributed by atoms with Crippen molar-refractivity contribution in [2.24, 2.45) is 10.8 Å². The first-order valence-electron chi connectivity index (χ1n) is 7.91. The Bertz CT molecular complexity index is 380. The first-order chi connectivity index (χ1) is 9.67. The predicted octanol–water partition coefficient (Wildman–Crippen LogP) is 3.28. The molecule has 0 aliphatic carbocycles. The minimum Gasteiger partial charge on any atom is -0.346 e. The van der Waals surface area contributed by atoms with Gasteiger partial charge in [0.05, 0.1) is 6.04 Å². The molecule has 3 unspecified atom stereocenters. The van der Waals surface area contributed by atoms with E-state index in [2.05, 4.69) is 19.2 Å². The van der Waals surface area contributed by atoms with E-state index in [0.717, 1.165) is 25.5 Å². The number of hydrogen-bond acceptors (Lipinski definition) is 3. The van der Waals surface area contributed by atoms with Crippen LogP contribution in [0.25, 0.3) is 0 Å². The van der Waals surface area contributed by atoms with Gasteiger partial charge in [-0.05, 0) is 30.6 Å². The molecule has 0 saturated heterocycles. The zero-order chi connectivity index (χ0) is 16.7. The number of rotatable bonds is 10. The Morgan fingerprint density at radius 1 is 1.14 bits per heavy atom. The molecule has 122 valence electrons. The van der Waals surface area contributed by atoms with Gasteiger partial charge in [-0.3, -0.25) is 9.59 Å². The van der Waals surface area contributed by atoms with E-state index in [1.807, 2.05) is 13.8 Å². The normalized spacial score (nSPS) is 18.2. The molecule has 0 spiro atoms. The van der Waals surface area contributed by atoms with E-state index in [9.17, 15) is 14.4 Å². The maximum absolute atomic E-state index is 12.0. The summed E-state index contributed by atoms with van der Waals surface area (Å²) in [6, 6.07) is -0.493. The molecule has 0 aliphatic heterocycles. The van der Waals surface area contributed by atoms with E-state index in [-0.39, 0.29) is 22.5 Å². The Hall–Kier alpha value is -1.19. The van der Waals surface area contributed by atoms with E-state index in [0.29, 0.717) is 12.8 Å². The molecule has 0 fully saturated rings. The van der Waals surface area contributed by atoms with Crippen molar-refractivity contribution in [1.29, 1.82) is 0 Å². The number of carbonyl (C=O) groups is 3. The third kappa shape index (κ3) is 5.60. The van der Waals surface area contributed by atoms with Crippen molar-refractivity contribution < 1.29 is 14.4 Å². The van der Waals surface area contributed by atoms with Crippen molar-refractivity contribution in [1.82, 2.24) is 5.32 Å². The number of hydrogen-bond donors (Lipinski definition) is 1. The molecule has 0 aromatic heterocycles. The van der Waals surface area contributed by atoms with Gasteiger partial charge < -0.3 is 10.1 Å². The van der Waals surface area contributed by atoms with Crippen LogP contribution in [0.5, 0.6) is 0 Å². The third-order valence-electron chi connectivity index (χ3n) is 4.80. The molecule has 0 rings (SSSR count).